The lowest BCUT2D eigenvalue weighted by molar-refractivity contribution is 0.287. The average molecular weight is 182 g/mol. The van der Waals surface area contributed by atoms with Crippen LogP contribution in [-0.2, 0) is 0 Å². The lowest BCUT2D eigenvalue weighted by Crippen LogP contribution is -2.12. The third kappa shape index (κ3) is 3.32. The highest BCUT2D eigenvalue weighted by Gasteiger charge is 2.25. The molecule has 0 heteroatoms. The van der Waals surface area contributed by atoms with E-state index in [1.165, 1.54) is 32.1 Å². The number of hydrogen-bond donors (Lipinski definition) is 0. The largest absolute Gasteiger partial charge is 0.0654 e. The SMILES string of the molecule is CCCC1CC(C)CC(C)CC1C. The Labute approximate surface area is 84.1 Å². The second kappa shape index (κ2) is 5.02. The van der Waals surface area contributed by atoms with Crippen molar-refractivity contribution in [1.29, 1.82) is 0 Å². The first kappa shape index (κ1) is 11.1. The summed E-state index contributed by atoms with van der Waals surface area (Å²) in [5, 5.41) is 0. The van der Waals surface area contributed by atoms with E-state index in [1.54, 1.807) is 0 Å². The molecule has 0 aliphatic heterocycles. The first-order chi connectivity index (χ1) is 6.13. The van der Waals surface area contributed by atoms with Crippen molar-refractivity contribution in [1.82, 2.24) is 0 Å². The molecule has 0 aromatic carbocycles. The van der Waals surface area contributed by atoms with Crippen molar-refractivity contribution in [3.63, 3.8) is 0 Å². The molecule has 0 nitrogen and oxygen atoms in total. The molecule has 1 aliphatic rings. The normalized spacial score (nSPS) is 41.5. The fourth-order valence-corrected chi connectivity index (χ4v) is 3.23. The quantitative estimate of drug-likeness (QED) is 0.552. The van der Waals surface area contributed by atoms with Crippen LogP contribution in [0, 0.1) is 23.7 Å². The highest BCUT2D eigenvalue weighted by Crippen LogP contribution is 2.36. The third-order valence-corrected chi connectivity index (χ3v) is 3.75. The highest BCUT2D eigenvalue weighted by molar-refractivity contribution is 4.76. The first-order valence-corrected chi connectivity index (χ1v) is 6.13. The predicted molar refractivity (Wildman–Crippen MR) is 59.7 cm³/mol. The van der Waals surface area contributed by atoms with Crippen LogP contribution in [0.25, 0.3) is 0 Å². The van der Waals surface area contributed by atoms with E-state index in [0.717, 1.165) is 23.7 Å². The van der Waals surface area contributed by atoms with Gasteiger partial charge in [0.2, 0.25) is 0 Å². The summed E-state index contributed by atoms with van der Waals surface area (Å²) in [4.78, 5) is 0. The molecule has 0 aromatic rings. The minimum absolute atomic E-state index is 0.965. The van der Waals surface area contributed by atoms with Gasteiger partial charge >= 0.3 is 0 Å². The Morgan fingerprint density at radius 2 is 1.54 bits per heavy atom. The van der Waals surface area contributed by atoms with Gasteiger partial charge in [-0.3, -0.25) is 0 Å². The molecular weight excluding hydrogens is 156 g/mol. The molecule has 1 fully saturated rings. The van der Waals surface area contributed by atoms with E-state index in [2.05, 4.69) is 27.7 Å². The van der Waals surface area contributed by atoms with Crippen molar-refractivity contribution < 1.29 is 0 Å². The van der Waals surface area contributed by atoms with Crippen LogP contribution >= 0.6 is 0 Å². The topological polar surface area (TPSA) is 0 Å². The predicted octanol–water partition coefficient (Wildman–Crippen LogP) is 4.49. The summed E-state index contributed by atoms with van der Waals surface area (Å²) in [6.07, 6.45) is 7.24. The maximum atomic E-state index is 2.47. The highest BCUT2D eigenvalue weighted by atomic mass is 14.3. The fourth-order valence-electron chi connectivity index (χ4n) is 3.23. The Bertz CT molecular complexity index is 139. The van der Waals surface area contributed by atoms with Crippen LogP contribution in [0.5, 0.6) is 0 Å². The summed E-state index contributed by atoms with van der Waals surface area (Å²) < 4.78 is 0. The van der Waals surface area contributed by atoms with Crippen molar-refractivity contribution in [3.8, 4) is 0 Å². The zero-order valence-corrected chi connectivity index (χ0v) is 9.84. The molecule has 13 heavy (non-hydrogen) atoms. The zero-order chi connectivity index (χ0) is 9.84. The van der Waals surface area contributed by atoms with Gasteiger partial charge in [0.1, 0.15) is 0 Å². The Balaban J connectivity index is 2.52. The van der Waals surface area contributed by atoms with E-state index < -0.39 is 0 Å². The molecule has 0 spiro atoms. The van der Waals surface area contributed by atoms with Crippen LogP contribution in [0.2, 0.25) is 0 Å². The van der Waals surface area contributed by atoms with Gasteiger partial charge in [-0.15, -0.1) is 0 Å². The van der Waals surface area contributed by atoms with Gasteiger partial charge in [0.05, 0.1) is 0 Å². The van der Waals surface area contributed by atoms with Crippen LogP contribution in [0.15, 0.2) is 0 Å². The van der Waals surface area contributed by atoms with E-state index in [1.807, 2.05) is 0 Å². The second-order valence-electron chi connectivity index (χ2n) is 5.44. The van der Waals surface area contributed by atoms with Gasteiger partial charge in [-0.1, -0.05) is 40.5 Å². The van der Waals surface area contributed by atoms with Crippen LogP contribution < -0.4 is 0 Å². The molecular formula is C13H26. The van der Waals surface area contributed by atoms with E-state index in [4.69, 9.17) is 0 Å². The Hall–Kier alpha value is 0. The van der Waals surface area contributed by atoms with E-state index in [9.17, 15) is 0 Å². The van der Waals surface area contributed by atoms with Gasteiger partial charge in [0.25, 0.3) is 0 Å². The van der Waals surface area contributed by atoms with Crippen molar-refractivity contribution in [2.24, 2.45) is 23.7 Å². The molecule has 0 N–H and O–H groups in total. The van der Waals surface area contributed by atoms with Crippen molar-refractivity contribution in [2.45, 2.75) is 59.8 Å². The number of hydrogen-bond acceptors (Lipinski definition) is 0. The molecule has 0 aromatic heterocycles. The lowest BCUT2D eigenvalue weighted by atomic mass is 9.84. The van der Waals surface area contributed by atoms with Gasteiger partial charge in [-0.05, 0) is 42.9 Å². The van der Waals surface area contributed by atoms with Crippen LogP contribution in [0.4, 0.5) is 0 Å². The Kier molecular flexibility index (Phi) is 4.28. The Morgan fingerprint density at radius 1 is 0.923 bits per heavy atom. The van der Waals surface area contributed by atoms with Gasteiger partial charge in [0.15, 0.2) is 0 Å². The summed E-state index contributed by atoms with van der Waals surface area (Å²) in [5.74, 6) is 3.92. The van der Waals surface area contributed by atoms with Gasteiger partial charge in [-0.2, -0.15) is 0 Å². The maximum absolute atomic E-state index is 2.47. The summed E-state index contributed by atoms with van der Waals surface area (Å²) in [7, 11) is 0. The maximum Gasteiger partial charge on any atom is -0.0386 e. The molecule has 1 saturated carbocycles. The summed E-state index contributed by atoms with van der Waals surface area (Å²) in [6.45, 7) is 9.67. The smallest absolute Gasteiger partial charge is 0.0386 e. The van der Waals surface area contributed by atoms with Crippen LogP contribution in [0.1, 0.15) is 59.8 Å². The van der Waals surface area contributed by atoms with Crippen LogP contribution in [0.3, 0.4) is 0 Å². The summed E-state index contributed by atoms with van der Waals surface area (Å²) >= 11 is 0. The zero-order valence-electron chi connectivity index (χ0n) is 9.84. The minimum Gasteiger partial charge on any atom is -0.0654 e. The second-order valence-corrected chi connectivity index (χ2v) is 5.44. The number of rotatable bonds is 2. The first-order valence-electron chi connectivity index (χ1n) is 6.13. The van der Waals surface area contributed by atoms with Gasteiger partial charge in [-0.25, -0.2) is 0 Å². The van der Waals surface area contributed by atoms with E-state index >= 15 is 0 Å². The average Bonchev–Trinajstić information content (AvgIpc) is 2.12. The minimum atomic E-state index is 0.965. The molecule has 0 heterocycles. The molecule has 0 saturated heterocycles. The van der Waals surface area contributed by atoms with Crippen LogP contribution in [-0.4, -0.2) is 0 Å². The van der Waals surface area contributed by atoms with E-state index in [-0.39, 0.29) is 0 Å². The van der Waals surface area contributed by atoms with E-state index in [0.29, 0.717) is 0 Å². The molecule has 4 atom stereocenters. The molecule has 78 valence electrons. The third-order valence-electron chi connectivity index (χ3n) is 3.75. The molecule has 1 aliphatic carbocycles. The van der Waals surface area contributed by atoms with Crippen molar-refractivity contribution in [3.05, 3.63) is 0 Å². The van der Waals surface area contributed by atoms with Gasteiger partial charge < -0.3 is 0 Å². The molecule has 0 amide bonds. The fraction of sp³-hybridized carbons (Fsp3) is 1.00. The Morgan fingerprint density at radius 3 is 2.15 bits per heavy atom. The summed E-state index contributed by atoms with van der Waals surface area (Å²) in [5.41, 5.74) is 0. The molecule has 4 unspecified atom stereocenters. The molecule has 1 rings (SSSR count). The molecule has 0 bridgehead atoms. The van der Waals surface area contributed by atoms with Gasteiger partial charge in [0, 0.05) is 0 Å². The summed E-state index contributed by atoms with van der Waals surface area (Å²) in [6, 6.07) is 0. The monoisotopic (exact) mass is 182 g/mol. The standard InChI is InChI=1S/C13H26/c1-5-6-13-9-11(3)7-10(2)8-12(13)4/h10-13H,5-9H2,1-4H3. The lowest BCUT2D eigenvalue weighted by Gasteiger charge is -2.22. The van der Waals surface area contributed by atoms with Crippen molar-refractivity contribution >= 4 is 0 Å². The molecule has 0 radical (unpaired) electrons. The van der Waals surface area contributed by atoms with Crippen molar-refractivity contribution in [2.75, 3.05) is 0 Å².